The van der Waals surface area contributed by atoms with Gasteiger partial charge in [0.25, 0.3) is 0 Å². The predicted octanol–water partition coefficient (Wildman–Crippen LogP) is 2.58. The van der Waals surface area contributed by atoms with E-state index in [1.165, 1.54) is 18.4 Å². The fourth-order valence-corrected chi connectivity index (χ4v) is 2.80. The van der Waals surface area contributed by atoms with Crippen LogP contribution in [0.25, 0.3) is 0 Å². The molecule has 3 nitrogen and oxygen atoms in total. The molecule has 0 aromatic carbocycles. The second-order valence-electron chi connectivity index (χ2n) is 5.33. The number of ether oxygens (including phenoxy) is 2. The molecule has 0 bridgehead atoms. The van der Waals surface area contributed by atoms with Crippen molar-refractivity contribution in [3.05, 3.63) is 11.6 Å². The van der Waals surface area contributed by atoms with Crippen LogP contribution in [0.5, 0.6) is 0 Å². The molecule has 17 heavy (non-hydrogen) atoms. The van der Waals surface area contributed by atoms with Crippen LogP contribution >= 0.6 is 0 Å². The summed E-state index contributed by atoms with van der Waals surface area (Å²) in [7, 11) is 3.36. The van der Waals surface area contributed by atoms with Gasteiger partial charge in [0.15, 0.2) is 6.29 Å². The van der Waals surface area contributed by atoms with Crippen molar-refractivity contribution in [3.8, 4) is 0 Å². The third-order valence-electron chi connectivity index (χ3n) is 3.49. The summed E-state index contributed by atoms with van der Waals surface area (Å²) in [6.45, 7) is 7.68. The Hall–Kier alpha value is -0.380. The van der Waals surface area contributed by atoms with E-state index in [-0.39, 0.29) is 12.3 Å². The van der Waals surface area contributed by atoms with E-state index in [4.69, 9.17) is 9.47 Å². The van der Waals surface area contributed by atoms with Crippen molar-refractivity contribution in [1.82, 2.24) is 5.32 Å². The van der Waals surface area contributed by atoms with Gasteiger partial charge < -0.3 is 14.8 Å². The zero-order valence-corrected chi connectivity index (χ0v) is 11.8. The number of hydrogen-bond donors (Lipinski definition) is 1. The van der Waals surface area contributed by atoms with Gasteiger partial charge >= 0.3 is 0 Å². The standard InChI is InChI=1S/C14H27NO2/c1-10-6-11(2)8-13(7-10)9-15-12(3)14(16-4)17-5/h6,10,12-15H,7-9H2,1-5H3. The van der Waals surface area contributed by atoms with E-state index in [0.29, 0.717) is 5.92 Å². The highest BCUT2D eigenvalue weighted by Gasteiger charge is 2.20. The largest absolute Gasteiger partial charge is 0.354 e. The molecule has 0 saturated heterocycles. The van der Waals surface area contributed by atoms with Gasteiger partial charge in [0.1, 0.15) is 0 Å². The van der Waals surface area contributed by atoms with Gasteiger partial charge in [-0.2, -0.15) is 0 Å². The van der Waals surface area contributed by atoms with Crippen LogP contribution in [0.1, 0.15) is 33.6 Å². The third-order valence-corrected chi connectivity index (χ3v) is 3.49. The van der Waals surface area contributed by atoms with E-state index >= 15 is 0 Å². The monoisotopic (exact) mass is 241 g/mol. The molecule has 0 spiro atoms. The quantitative estimate of drug-likeness (QED) is 0.573. The van der Waals surface area contributed by atoms with Gasteiger partial charge in [0.2, 0.25) is 0 Å². The van der Waals surface area contributed by atoms with Crippen molar-refractivity contribution in [2.24, 2.45) is 11.8 Å². The first-order valence-electron chi connectivity index (χ1n) is 6.53. The minimum atomic E-state index is -0.160. The molecule has 0 fully saturated rings. The van der Waals surface area contributed by atoms with Crippen molar-refractivity contribution >= 4 is 0 Å². The summed E-state index contributed by atoms with van der Waals surface area (Å²) >= 11 is 0. The Morgan fingerprint density at radius 2 is 2.06 bits per heavy atom. The predicted molar refractivity (Wildman–Crippen MR) is 70.9 cm³/mol. The molecule has 0 saturated carbocycles. The third kappa shape index (κ3) is 4.78. The highest BCUT2D eigenvalue weighted by Crippen LogP contribution is 2.27. The van der Waals surface area contributed by atoms with E-state index in [2.05, 4.69) is 32.2 Å². The molecule has 0 aromatic heterocycles. The van der Waals surface area contributed by atoms with E-state index in [9.17, 15) is 0 Å². The van der Waals surface area contributed by atoms with E-state index in [1.54, 1.807) is 14.2 Å². The minimum Gasteiger partial charge on any atom is -0.354 e. The van der Waals surface area contributed by atoms with Crippen LogP contribution < -0.4 is 5.32 Å². The van der Waals surface area contributed by atoms with Crippen LogP contribution in [0.3, 0.4) is 0 Å². The highest BCUT2D eigenvalue weighted by atomic mass is 16.7. The summed E-state index contributed by atoms with van der Waals surface area (Å²) in [4.78, 5) is 0. The lowest BCUT2D eigenvalue weighted by Crippen LogP contribution is -2.42. The van der Waals surface area contributed by atoms with Crippen molar-refractivity contribution in [2.45, 2.75) is 45.9 Å². The molecule has 0 amide bonds. The number of rotatable bonds is 6. The summed E-state index contributed by atoms with van der Waals surface area (Å²) in [5.41, 5.74) is 1.53. The smallest absolute Gasteiger partial charge is 0.171 e. The molecule has 0 heterocycles. The number of allylic oxidation sites excluding steroid dienone is 2. The van der Waals surface area contributed by atoms with Crippen LogP contribution in [0, 0.1) is 11.8 Å². The molecule has 0 aromatic rings. The van der Waals surface area contributed by atoms with Crippen molar-refractivity contribution in [1.29, 1.82) is 0 Å². The first kappa shape index (κ1) is 14.7. The summed E-state index contributed by atoms with van der Waals surface area (Å²) in [5.74, 6) is 1.46. The molecule has 3 unspecified atom stereocenters. The maximum Gasteiger partial charge on any atom is 0.171 e. The van der Waals surface area contributed by atoms with Gasteiger partial charge in [-0.1, -0.05) is 18.6 Å². The Labute approximate surface area is 106 Å². The molecular weight excluding hydrogens is 214 g/mol. The molecule has 1 aliphatic rings. The summed E-state index contributed by atoms with van der Waals surface area (Å²) in [6, 6.07) is 0.228. The second-order valence-corrected chi connectivity index (χ2v) is 5.33. The van der Waals surface area contributed by atoms with Crippen LogP contribution in [-0.2, 0) is 9.47 Å². The van der Waals surface area contributed by atoms with Crippen molar-refractivity contribution < 1.29 is 9.47 Å². The van der Waals surface area contributed by atoms with Crippen LogP contribution in [0.15, 0.2) is 11.6 Å². The van der Waals surface area contributed by atoms with E-state index < -0.39 is 0 Å². The van der Waals surface area contributed by atoms with Crippen molar-refractivity contribution in [2.75, 3.05) is 20.8 Å². The first-order valence-corrected chi connectivity index (χ1v) is 6.53. The lowest BCUT2D eigenvalue weighted by molar-refractivity contribution is -0.119. The molecule has 0 radical (unpaired) electrons. The molecule has 0 aliphatic heterocycles. The Morgan fingerprint density at radius 3 is 2.59 bits per heavy atom. The minimum absolute atomic E-state index is 0.160. The Morgan fingerprint density at radius 1 is 1.41 bits per heavy atom. The van der Waals surface area contributed by atoms with E-state index in [0.717, 1.165) is 12.5 Å². The van der Waals surface area contributed by atoms with Gasteiger partial charge in [-0.25, -0.2) is 0 Å². The van der Waals surface area contributed by atoms with Gasteiger partial charge in [-0.3, -0.25) is 0 Å². The Bertz CT molecular complexity index is 249. The zero-order chi connectivity index (χ0) is 12.8. The van der Waals surface area contributed by atoms with Gasteiger partial charge in [0, 0.05) is 14.2 Å². The van der Waals surface area contributed by atoms with Crippen molar-refractivity contribution in [3.63, 3.8) is 0 Å². The molecule has 1 rings (SSSR count). The number of methoxy groups -OCH3 is 2. The summed E-state index contributed by atoms with van der Waals surface area (Å²) in [5, 5.41) is 3.52. The maximum absolute atomic E-state index is 5.25. The lowest BCUT2D eigenvalue weighted by atomic mass is 9.83. The van der Waals surface area contributed by atoms with Gasteiger partial charge in [-0.15, -0.1) is 0 Å². The SMILES string of the molecule is COC(OC)C(C)NCC1CC(C)=CC(C)C1. The fourth-order valence-electron chi connectivity index (χ4n) is 2.80. The zero-order valence-electron chi connectivity index (χ0n) is 11.8. The van der Waals surface area contributed by atoms with Gasteiger partial charge in [0.05, 0.1) is 6.04 Å². The van der Waals surface area contributed by atoms with Crippen LogP contribution in [-0.4, -0.2) is 33.1 Å². The second kappa shape index (κ2) is 7.14. The van der Waals surface area contributed by atoms with E-state index in [1.807, 2.05) is 0 Å². The fraction of sp³-hybridized carbons (Fsp3) is 0.857. The van der Waals surface area contributed by atoms with Crippen LogP contribution in [0.2, 0.25) is 0 Å². The average Bonchev–Trinajstić information content (AvgIpc) is 2.27. The maximum atomic E-state index is 5.25. The Balaban J connectivity index is 2.33. The number of nitrogens with one attached hydrogen (secondary N) is 1. The summed E-state index contributed by atoms with van der Waals surface area (Å²) in [6.07, 6.45) is 4.73. The molecular formula is C14H27NO2. The molecule has 3 heteroatoms. The first-order chi connectivity index (χ1) is 8.06. The average molecular weight is 241 g/mol. The topological polar surface area (TPSA) is 30.5 Å². The summed E-state index contributed by atoms with van der Waals surface area (Å²) < 4.78 is 10.5. The molecule has 100 valence electrons. The van der Waals surface area contributed by atoms with Gasteiger partial charge in [-0.05, 0) is 45.1 Å². The molecule has 1 aliphatic carbocycles. The van der Waals surface area contributed by atoms with Crippen LogP contribution in [0.4, 0.5) is 0 Å². The number of hydrogen-bond acceptors (Lipinski definition) is 3. The molecule has 1 N–H and O–H groups in total. The highest BCUT2D eigenvalue weighted by molar-refractivity contribution is 5.06. The molecule has 3 atom stereocenters. The lowest BCUT2D eigenvalue weighted by Gasteiger charge is -2.28. The Kier molecular flexibility index (Phi) is 6.17. The normalized spacial score (nSPS) is 27.1.